The van der Waals surface area contributed by atoms with Crippen molar-refractivity contribution in [1.82, 2.24) is 14.5 Å². The molecule has 224 valence electrons. The van der Waals surface area contributed by atoms with Crippen LogP contribution in [0, 0.1) is 0 Å². The fourth-order valence-corrected chi connectivity index (χ4v) is 6.44. The van der Waals surface area contributed by atoms with E-state index in [1.54, 1.807) is 24.3 Å². The van der Waals surface area contributed by atoms with Crippen LogP contribution in [0.3, 0.4) is 0 Å². The predicted octanol–water partition coefficient (Wildman–Crippen LogP) is 4.52. The third kappa shape index (κ3) is 7.14. The Kier molecular flexibility index (Phi) is 9.95. The zero-order valence-electron chi connectivity index (χ0n) is 23.8. The van der Waals surface area contributed by atoms with Gasteiger partial charge in [0.2, 0.25) is 21.8 Å². The molecule has 1 N–H and O–H groups in total. The van der Waals surface area contributed by atoms with Crippen molar-refractivity contribution in [2.24, 2.45) is 0 Å². The SMILES string of the molecule is COc1ccccc1CC(=O)N1CCN(S(=O)(=O)c2ccc(C(F)F)cc2)[C@@H](C(=O)NCc2ccc(C(C)C)cc2)C1. The smallest absolute Gasteiger partial charge is 0.263 e. The van der Waals surface area contributed by atoms with Crippen molar-refractivity contribution in [2.75, 3.05) is 26.7 Å². The number of rotatable bonds is 10. The number of hydrogen-bond donors (Lipinski definition) is 1. The van der Waals surface area contributed by atoms with Gasteiger partial charge >= 0.3 is 0 Å². The Morgan fingerprint density at radius 2 is 1.60 bits per heavy atom. The van der Waals surface area contributed by atoms with E-state index in [2.05, 4.69) is 19.2 Å². The zero-order valence-corrected chi connectivity index (χ0v) is 24.6. The molecular weight excluding hydrogens is 564 g/mol. The number of piperazine rings is 1. The highest BCUT2D eigenvalue weighted by Crippen LogP contribution is 2.26. The minimum atomic E-state index is -4.25. The Labute approximate surface area is 245 Å². The number of ether oxygens (including phenoxy) is 1. The van der Waals surface area contributed by atoms with Crippen LogP contribution in [0.25, 0.3) is 0 Å². The lowest BCUT2D eigenvalue weighted by atomic mass is 10.0. The van der Waals surface area contributed by atoms with E-state index in [1.807, 2.05) is 24.3 Å². The Morgan fingerprint density at radius 1 is 0.952 bits per heavy atom. The molecule has 1 heterocycles. The minimum absolute atomic E-state index is 0.0163. The van der Waals surface area contributed by atoms with Crippen molar-refractivity contribution >= 4 is 21.8 Å². The number of carbonyl (C=O) groups is 2. The Morgan fingerprint density at radius 3 is 2.21 bits per heavy atom. The zero-order chi connectivity index (χ0) is 30.4. The lowest BCUT2D eigenvalue weighted by Gasteiger charge is -2.39. The van der Waals surface area contributed by atoms with E-state index in [4.69, 9.17) is 4.74 Å². The van der Waals surface area contributed by atoms with Gasteiger partial charge in [-0.05, 0) is 35.2 Å². The third-order valence-electron chi connectivity index (χ3n) is 7.37. The molecule has 0 unspecified atom stereocenters. The molecule has 2 amide bonds. The van der Waals surface area contributed by atoms with Crippen molar-refractivity contribution in [2.45, 2.75) is 50.1 Å². The molecule has 42 heavy (non-hydrogen) atoms. The van der Waals surface area contributed by atoms with Crippen molar-refractivity contribution in [3.63, 3.8) is 0 Å². The topological polar surface area (TPSA) is 96.0 Å². The van der Waals surface area contributed by atoms with Gasteiger partial charge in [-0.15, -0.1) is 0 Å². The maximum Gasteiger partial charge on any atom is 0.263 e. The van der Waals surface area contributed by atoms with Gasteiger partial charge in [0, 0.05) is 37.3 Å². The second-order valence-corrected chi connectivity index (χ2v) is 12.3. The van der Waals surface area contributed by atoms with Crippen molar-refractivity contribution in [3.05, 3.63) is 95.1 Å². The van der Waals surface area contributed by atoms with Gasteiger partial charge in [-0.1, -0.05) is 68.4 Å². The summed E-state index contributed by atoms with van der Waals surface area (Å²) >= 11 is 0. The van der Waals surface area contributed by atoms with Gasteiger partial charge in [0.05, 0.1) is 18.4 Å². The molecule has 1 fully saturated rings. The molecule has 1 atom stereocenters. The van der Waals surface area contributed by atoms with Gasteiger partial charge in [-0.2, -0.15) is 4.31 Å². The maximum absolute atomic E-state index is 13.6. The second-order valence-electron chi connectivity index (χ2n) is 10.4. The number of benzene rings is 3. The van der Waals surface area contributed by atoms with Crippen LogP contribution in [0.5, 0.6) is 5.75 Å². The van der Waals surface area contributed by atoms with E-state index in [0.29, 0.717) is 17.2 Å². The number of halogens is 2. The lowest BCUT2D eigenvalue weighted by molar-refractivity contribution is -0.135. The largest absolute Gasteiger partial charge is 0.496 e. The molecule has 1 saturated heterocycles. The van der Waals surface area contributed by atoms with Crippen LogP contribution in [0.1, 0.15) is 48.4 Å². The van der Waals surface area contributed by atoms with Crippen LogP contribution in [0.4, 0.5) is 8.78 Å². The highest BCUT2D eigenvalue weighted by Gasteiger charge is 2.41. The van der Waals surface area contributed by atoms with E-state index in [9.17, 15) is 26.8 Å². The van der Waals surface area contributed by atoms with Gasteiger partial charge in [0.25, 0.3) is 6.43 Å². The lowest BCUT2D eigenvalue weighted by Crippen LogP contribution is -2.61. The summed E-state index contributed by atoms with van der Waals surface area (Å²) in [7, 11) is -2.73. The molecule has 0 aliphatic carbocycles. The molecule has 3 aromatic carbocycles. The highest BCUT2D eigenvalue weighted by molar-refractivity contribution is 7.89. The summed E-state index contributed by atoms with van der Waals surface area (Å²) in [5.41, 5.74) is 2.35. The summed E-state index contributed by atoms with van der Waals surface area (Å²) in [6.45, 7) is 4.08. The molecule has 3 aromatic rings. The normalized spacial score (nSPS) is 16.1. The Hall–Kier alpha value is -3.83. The first kappa shape index (κ1) is 31.1. The summed E-state index contributed by atoms with van der Waals surface area (Å²) in [5.74, 6) is 0.0614. The van der Waals surface area contributed by atoms with Gasteiger partial charge in [-0.3, -0.25) is 9.59 Å². The first-order valence-corrected chi connectivity index (χ1v) is 15.1. The summed E-state index contributed by atoms with van der Waals surface area (Å²) in [5, 5.41) is 2.82. The average molecular weight is 600 g/mol. The number of alkyl halides is 2. The molecule has 0 saturated carbocycles. The Bertz CT molecular complexity index is 1500. The first-order valence-electron chi connectivity index (χ1n) is 13.7. The molecule has 1 aliphatic heterocycles. The number of carbonyl (C=O) groups excluding carboxylic acids is 2. The Balaban J connectivity index is 1.56. The number of amides is 2. The number of nitrogens with one attached hydrogen (secondary N) is 1. The second kappa shape index (κ2) is 13.4. The van der Waals surface area contributed by atoms with E-state index in [0.717, 1.165) is 39.7 Å². The maximum atomic E-state index is 13.6. The van der Waals surface area contributed by atoms with Gasteiger partial charge in [0.1, 0.15) is 11.8 Å². The number of methoxy groups -OCH3 is 1. The number of nitrogens with zero attached hydrogens (tertiary/aromatic N) is 2. The molecule has 11 heteroatoms. The van der Waals surface area contributed by atoms with Gasteiger partial charge in [0.15, 0.2) is 0 Å². The minimum Gasteiger partial charge on any atom is -0.496 e. The summed E-state index contributed by atoms with van der Waals surface area (Å²) in [6, 6.07) is 18.0. The summed E-state index contributed by atoms with van der Waals surface area (Å²) in [6.07, 6.45) is -2.73. The molecule has 0 radical (unpaired) electrons. The third-order valence-corrected chi connectivity index (χ3v) is 9.30. The van der Waals surface area contributed by atoms with Gasteiger partial charge in [-0.25, -0.2) is 17.2 Å². The molecule has 1 aliphatic rings. The van der Waals surface area contributed by atoms with Crippen LogP contribution in [0.2, 0.25) is 0 Å². The molecule has 4 rings (SSSR count). The predicted molar refractivity (Wildman–Crippen MR) is 155 cm³/mol. The van der Waals surface area contributed by atoms with E-state index in [-0.39, 0.29) is 49.0 Å². The fourth-order valence-electron chi connectivity index (χ4n) is 4.87. The fraction of sp³-hybridized carbons (Fsp3) is 0.355. The van der Waals surface area contributed by atoms with Crippen molar-refractivity contribution < 1.29 is 31.5 Å². The van der Waals surface area contributed by atoms with Gasteiger partial charge < -0.3 is 15.0 Å². The molecule has 0 aromatic heterocycles. The van der Waals surface area contributed by atoms with E-state index < -0.39 is 28.4 Å². The molecule has 0 bridgehead atoms. The van der Waals surface area contributed by atoms with Crippen molar-refractivity contribution in [3.8, 4) is 5.75 Å². The number of hydrogen-bond acceptors (Lipinski definition) is 5. The molecular formula is C31H35F2N3O5S. The average Bonchev–Trinajstić information content (AvgIpc) is 3.00. The van der Waals surface area contributed by atoms with E-state index >= 15 is 0 Å². The van der Waals surface area contributed by atoms with Crippen LogP contribution < -0.4 is 10.1 Å². The van der Waals surface area contributed by atoms with Crippen LogP contribution in [-0.2, 0) is 32.6 Å². The van der Waals surface area contributed by atoms with E-state index in [1.165, 1.54) is 12.0 Å². The van der Waals surface area contributed by atoms with Crippen LogP contribution >= 0.6 is 0 Å². The van der Waals surface area contributed by atoms with Crippen molar-refractivity contribution in [1.29, 1.82) is 0 Å². The van der Waals surface area contributed by atoms with Crippen LogP contribution in [-0.4, -0.2) is 62.2 Å². The standard InChI is InChI=1S/C31H35F2N3O5S/c1-21(2)23-10-8-22(9-11-23)19-34-31(38)27-20-35(29(37)18-25-6-4-5-7-28(25)41-3)16-17-36(27)42(39,40)26-14-12-24(13-15-26)30(32)33/h4-15,21,27,30H,16-20H2,1-3H3,(H,34,38)/t27-/m1/s1. The summed E-state index contributed by atoms with van der Waals surface area (Å²) < 4.78 is 59.8. The number of sulfonamides is 1. The first-order chi connectivity index (χ1) is 20.0. The monoisotopic (exact) mass is 599 g/mol. The number of para-hydroxylation sites is 1. The molecule has 0 spiro atoms. The van der Waals surface area contributed by atoms with Crippen LogP contribution in [0.15, 0.2) is 77.7 Å². The summed E-state index contributed by atoms with van der Waals surface area (Å²) in [4.78, 5) is 28.1. The highest BCUT2D eigenvalue weighted by atomic mass is 32.2. The quantitative estimate of drug-likeness (QED) is 0.370. The molecule has 8 nitrogen and oxygen atoms in total.